The van der Waals surface area contributed by atoms with Crippen molar-refractivity contribution in [2.45, 2.75) is 114 Å². The van der Waals surface area contributed by atoms with E-state index in [0.29, 0.717) is 41.9 Å². The molecule has 7 heterocycles. The van der Waals surface area contributed by atoms with E-state index in [9.17, 15) is 31.1 Å². The molecule has 2 aliphatic carbocycles. The quantitative estimate of drug-likeness (QED) is 0.256. The molecule has 54 heavy (non-hydrogen) atoms. The molecule has 2 saturated carbocycles. The molecule has 0 radical (unpaired) electrons. The number of thiazole rings is 1. The normalized spacial score (nSPS) is 27.4. The topological polar surface area (TPSA) is 89.5 Å². The Hall–Kier alpha value is -3.82. The third-order valence-electron chi connectivity index (χ3n) is 12.3. The molecule has 6 atom stereocenters. The molecule has 4 bridgehead atoms. The van der Waals surface area contributed by atoms with E-state index >= 15 is 0 Å². The van der Waals surface area contributed by atoms with Gasteiger partial charge in [0.25, 0.3) is 0 Å². The van der Waals surface area contributed by atoms with E-state index in [-0.39, 0.29) is 49.6 Å². The summed E-state index contributed by atoms with van der Waals surface area (Å²) >= 11 is 1.43. The predicted octanol–water partition coefficient (Wildman–Crippen LogP) is 9.54. The highest BCUT2D eigenvalue weighted by molar-refractivity contribution is 7.15. The van der Waals surface area contributed by atoms with Crippen molar-refractivity contribution in [3.8, 4) is 0 Å². The standard InChI is InChI=1S/C22H26F3N5OS.C16H20F3N3/c1-12-13(2)32-20(26-12)28-21(31)30-16-8-9-29(11-16)18-7-6-17(27-19(18)30)14-4-3-5-15(10-14)22(23,24)25;17-16(18,19)11-3-1-2-10(8-11)13-4-5-14-15(21-13)20-12-6-7-22(14)9-12/h6-7,14-16H,3-5,8-11H2,1-2H3,(H,26,28,31);4-5,10-12H,1-3,6-9H2,(H,20,21)/t14?,15?,16-;10?,11?,12-/m00/s1. The van der Waals surface area contributed by atoms with Gasteiger partial charge in [0.2, 0.25) is 0 Å². The fraction of sp³-hybridized carbons (Fsp3) is 0.632. The van der Waals surface area contributed by atoms with E-state index in [1.807, 2.05) is 38.1 Å². The molecule has 16 heteroatoms. The smallest absolute Gasteiger partial charge is 0.366 e. The second-order valence-corrected chi connectivity index (χ2v) is 17.0. The van der Waals surface area contributed by atoms with E-state index in [2.05, 4.69) is 30.4 Å². The Balaban J connectivity index is 0.000000164. The molecule has 2 saturated heterocycles. The number of halogens is 6. The zero-order valence-corrected chi connectivity index (χ0v) is 31.3. The SMILES string of the molecule is Cc1nc(NC(=O)N2c3nc(C4CCCC(C(F)(F)F)C4)ccc3N3CC[C@H]2C3)sc1C.FC(F)(F)C1CCCC(c2ccc3c(n2)N[C@H]2CCN3C2)C1. The van der Waals surface area contributed by atoms with Gasteiger partial charge in [-0.3, -0.25) is 10.2 Å². The lowest BCUT2D eigenvalue weighted by atomic mass is 9.79. The second kappa shape index (κ2) is 14.4. The summed E-state index contributed by atoms with van der Waals surface area (Å²) in [6, 6.07) is 7.88. The largest absolute Gasteiger partial charge is 0.391 e. The van der Waals surface area contributed by atoms with Gasteiger partial charge in [0, 0.05) is 60.3 Å². The maximum Gasteiger partial charge on any atom is 0.391 e. The van der Waals surface area contributed by atoms with Crippen LogP contribution >= 0.6 is 11.3 Å². The van der Waals surface area contributed by atoms with Gasteiger partial charge >= 0.3 is 18.4 Å². The van der Waals surface area contributed by atoms with Crippen LogP contribution in [0.3, 0.4) is 0 Å². The number of hydrogen-bond donors (Lipinski definition) is 2. The molecule has 9 rings (SSSR count). The van der Waals surface area contributed by atoms with Crippen molar-refractivity contribution in [2.75, 3.05) is 51.5 Å². The number of carbonyl (C=O) groups is 1. The van der Waals surface area contributed by atoms with Crippen molar-refractivity contribution < 1.29 is 31.1 Å². The minimum Gasteiger partial charge on any atom is -0.366 e. The first-order valence-corrected chi connectivity index (χ1v) is 20.0. The second-order valence-electron chi connectivity index (χ2n) is 15.8. The lowest BCUT2D eigenvalue weighted by molar-refractivity contribution is -0.184. The summed E-state index contributed by atoms with van der Waals surface area (Å²) in [6.45, 7) is 7.46. The third-order valence-corrected chi connectivity index (χ3v) is 13.3. The van der Waals surface area contributed by atoms with Gasteiger partial charge in [-0.1, -0.05) is 12.8 Å². The van der Waals surface area contributed by atoms with Crippen LogP contribution in [0.4, 0.5) is 59.3 Å². The van der Waals surface area contributed by atoms with Gasteiger partial charge in [-0.05, 0) is 89.5 Å². The predicted molar refractivity (Wildman–Crippen MR) is 198 cm³/mol. The number of urea groups is 1. The molecule has 4 aliphatic heterocycles. The molecule has 0 aromatic carbocycles. The van der Waals surface area contributed by atoms with Crippen LogP contribution in [-0.4, -0.2) is 71.6 Å². The highest BCUT2D eigenvalue weighted by atomic mass is 32.1. The number of rotatable bonds is 3. The summed E-state index contributed by atoms with van der Waals surface area (Å²) in [6.07, 6.45) is -2.95. The maximum absolute atomic E-state index is 13.3. The summed E-state index contributed by atoms with van der Waals surface area (Å²) < 4.78 is 78.9. The van der Waals surface area contributed by atoms with Crippen molar-refractivity contribution in [1.82, 2.24) is 15.0 Å². The minimum absolute atomic E-state index is 0.0123. The van der Waals surface area contributed by atoms with Crippen LogP contribution in [0.2, 0.25) is 0 Å². The van der Waals surface area contributed by atoms with Crippen molar-refractivity contribution in [3.63, 3.8) is 0 Å². The Morgan fingerprint density at radius 2 is 1.39 bits per heavy atom. The maximum atomic E-state index is 13.3. The summed E-state index contributed by atoms with van der Waals surface area (Å²) in [5.41, 5.74) is 4.32. The molecule has 292 valence electrons. The first-order valence-electron chi connectivity index (χ1n) is 19.2. The van der Waals surface area contributed by atoms with E-state index in [1.165, 1.54) is 11.3 Å². The number of alkyl halides is 6. The highest BCUT2D eigenvalue weighted by Crippen LogP contribution is 2.47. The first kappa shape index (κ1) is 37.1. The number of amides is 2. The van der Waals surface area contributed by atoms with Gasteiger partial charge < -0.3 is 15.1 Å². The first-order chi connectivity index (χ1) is 25.7. The molecular weight excluding hydrogens is 731 g/mol. The van der Waals surface area contributed by atoms with Crippen LogP contribution in [0.5, 0.6) is 0 Å². The molecule has 4 unspecified atom stereocenters. The molecule has 4 fully saturated rings. The van der Waals surface area contributed by atoms with Crippen LogP contribution in [0, 0.1) is 25.7 Å². The summed E-state index contributed by atoms with van der Waals surface area (Å²) in [7, 11) is 0. The van der Waals surface area contributed by atoms with Crippen LogP contribution in [-0.2, 0) is 0 Å². The van der Waals surface area contributed by atoms with Crippen molar-refractivity contribution in [1.29, 1.82) is 0 Å². The van der Waals surface area contributed by atoms with E-state index in [1.54, 1.807) is 4.90 Å². The average Bonchev–Trinajstić information content (AvgIpc) is 3.84. The Kier molecular flexibility index (Phi) is 9.87. The molecule has 9 nitrogen and oxygen atoms in total. The Morgan fingerprint density at radius 3 is 2.02 bits per heavy atom. The van der Waals surface area contributed by atoms with E-state index in [0.717, 1.165) is 78.9 Å². The van der Waals surface area contributed by atoms with Crippen LogP contribution in [0.15, 0.2) is 24.3 Å². The summed E-state index contributed by atoms with van der Waals surface area (Å²) in [4.78, 5) is 34.4. The van der Waals surface area contributed by atoms with E-state index < -0.39 is 24.2 Å². The van der Waals surface area contributed by atoms with Gasteiger partial charge in [-0.2, -0.15) is 26.3 Å². The number of anilines is 5. The monoisotopic (exact) mass is 776 g/mol. The third kappa shape index (κ3) is 7.43. The number of nitrogens with one attached hydrogen (secondary N) is 2. The molecular formula is C38H46F6N8OS. The zero-order chi connectivity index (χ0) is 37.9. The molecule has 6 aliphatic rings. The van der Waals surface area contributed by atoms with Crippen LogP contribution in [0.25, 0.3) is 0 Å². The molecule has 3 aromatic rings. The number of aryl methyl sites for hydroxylation is 2. The van der Waals surface area contributed by atoms with Crippen molar-refractivity contribution in [3.05, 3.63) is 46.2 Å². The number of carbonyl (C=O) groups excluding carboxylic acids is 1. The van der Waals surface area contributed by atoms with Gasteiger partial charge in [0.1, 0.15) is 5.82 Å². The lowest BCUT2D eigenvalue weighted by Crippen LogP contribution is -2.48. The van der Waals surface area contributed by atoms with Gasteiger partial charge in [0.15, 0.2) is 10.9 Å². The van der Waals surface area contributed by atoms with E-state index in [4.69, 9.17) is 4.98 Å². The number of hydrogen-bond acceptors (Lipinski definition) is 8. The molecule has 3 aromatic heterocycles. The van der Waals surface area contributed by atoms with Crippen LogP contribution < -0.4 is 25.3 Å². The van der Waals surface area contributed by atoms with Crippen LogP contribution in [0.1, 0.15) is 98.0 Å². The fourth-order valence-electron chi connectivity index (χ4n) is 9.25. The van der Waals surface area contributed by atoms with Crippen molar-refractivity contribution >= 4 is 45.5 Å². The zero-order valence-electron chi connectivity index (χ0n) is 30.4. The number of pyridine rings is 2. The number of fused-ring (bicyclic) bond motifs is 8. The summed E-state index contributed by atoms with van der Waals surface area (Å²) in [5, 5.41) is 6.89. The Bertz CT molecular complexity index is 1850. The summed E-state index contributed by atoms with van der Waals surface area (Å²) in [5.74, 6) is -1.36. The molecule has 2 N–H and O–H groups in total. The molecule has 0 spiro atoms. The number of aromatic nitrogens is 3. The highest BCUT2D eigenvalue weighted by Gasteiger charge is 2.45. The average molecular weight is 777 g/mol. The Morgan fingerprint density at radius 1 is 0.778 bits per heavy atom. The molecule has 2 amide bonds. The van der Waals surface area contributed by atoms with Gasteiger partial charge in [0.05, 0.1) is 34.9 Å². The Labute approximate surface area is 314 Å². The minimum atomic E-state index is -4.17. The van der Waals surface area contributed by atoms with Gasteiger partial charge in [-0.15, -0.1) is 11.3 Å². The fourth-order valence-corrected chi connectivity index (χ4v) is 10.1. The van der Waals surface area contributed by atoms with Gasteiger partial charge in [-0.25, -0.2) is 19.7 Å². The van der Waals surface area contributed by atoms with Crippen molar-refractivity contribution in [2.24, 2.45) is 11.8 Å². The lowest BCUT2D eigenvalue weighted by Gasteiger charge is -2.36. The number of nitrogens with zero attached hydrogens (tertiary/aromatic N) is 6.